The smallest absolute Gasteiger partial charge is 0.228 e. The van der Waals surface area contributed by atoms with Crippen molar-refractivity contribution in [2.24, 2.45) is 5.92 Å². The standard InChI is InChI=1S/C21H25NO3/c1-3-4-13-25-18-11-7-16(8-12-18)22-21(23)20-14-19(20)15-5-9-17(24-2)10-6-15/h5-12,19-20H,3-4,13-14H2,1-2H3,(H,22,23). The van der Waals surface area contributed by atoms with Crippen molar-refractivity contribution in [1.82, 2.24) is 0 Å². The lowest BCUT2D eigenvalue weighted by molar-refractivity contribution is -0.117. The van der Waals surface area contributed by atoms with Crippen molar-refractivity contribution < 1.29 is 14.3 Å². The monoisotopic (exact) mass is 339 g/mol. The van der Waals surface area contributed by atoms with Gasteiger partial charge in [0.25, 0.3) is 0 Å². The van der Waals surface area contributed by atoms with Gasteiger partial charge >= 0.3 is 0 Å². The Morgan fingerprint density at radius 1 is 1.08 bits per heavy atom. The lowest BCUT2D eigenvalue weighted by Gasteiger charge is -2.08. The molecule has 0 saturated heterocycles. The SMILES string of the molecule is CCCCOc1ccc(NC(=O)C2CC2c2ccc(OC)cc2)cc1. The molecule has 25 heavy (non-hydrogen) atoms. The maximum atomic E-state index is 12.4. The van der Waals surface area contributed by atoms with Gasteiger partial charge in [-0.15, -0.1) is 0 Å². The third-order valence-corrected chi connectivity index (χ3v) is 4.56. The van der Waals surface area contributed by atoms with Crippen molar-refractivity contribution in [3.63, 3.8) is 0 Å². The van der Waals surface area contributed by atoms with Crippen LogP contribution in [0, 0.1) is 5.92 Å². The third kappa shape index (κ3) is 4.53. The first-order valence-electron chi connectivity index (χ1n) is 8.89. The topological polar surface area (TPSA) is 47.6 Å². The van der Waals surface area contributed by atoms with Crippen LogP contribution in [-0.4, -0.2) is 19.6 Å². The second-order valence-electron chi connectivity index (χ2n) is 6.44. The minimum Gasteiger partial charge on any atom is -0.497 e. The number of nitrogens with one attached hydrogen (secondary N) is 1. The van der Waals surface area contributed by atoms with Gasteiger partial charge < -0.3 is 14.8 Å². The first-order valence-corrected chi connectivity index (χ1v) is 8.89. The highest BCUT2D eigenvalue weighted by Crippen LogP contribution is 2.48. The summed E-state index contributed by atoms with van der Waals surface area (Å²) in [5.74, 6) is 2.12. The number of unbranched alkanes of at least 4 members (excludes halogenated alkanes) is 1. The Morgan fingerprint density at radius 2 is 1.76 bits per heavy atom. The molecule has 1 saturated carbocycles. The van der Waals surface area contributed by atoms with Crippen LogP contribution >= 0.6 is 0 Å². The van der Waals surface area contributed by atoms with Gasteiger partial charge in [0.1, 0.15) is 11.5 Å². The number of carbonyl (C=O) groups excluding carboxylic acids is 1. The zero-order valence-corrected chi connectivity index (χ0v) is 14.8. The fraction of sp³-hybridized carbons (Fsp3) is 0.381. The van der Waals surface area contributed by atoms with Crippen LogP contribution < -0.4 is 14.8 Å². The number of carbonyl (C=O) groups is 1. The van der Waals surface area contributed by atoms with Crippen molar-refractivity contribution in [2.75, 3.05) is 19.0 Å². The largest absolute Gasteiger partial charge is 0.497 e. The van der Waals surface area contributed by atoms with Crippen LogP contribution in [-0.2, 0) is 4.79 Å². The van der Waals surface area contributed by atoms with Crippen molar-refractivity contribution in [3.8, 4) is 11.5 Å². The fourth-order valence-electron chi connectivity index (χ4n) is 2.91. The maximum absolute atomic E-state index is 12.4. The van der Waals surface area contributed by atoms with Crippen molar-refractivity contribution in [2.45, 2.75) is 32.1 Å². The zero-order valence-electron chi connectivity index (χ0n) is 14.8. The van der Waals surface area contributed by atoms with E-state index < -0.39 is 0 Å². The summed E-state index contributed by atoms with van der Waals surface area (Å²) >= 11 is 0. The number of methoxy groups -OCH3 is 1. The first-order chi connectivity index (χ1) is 12.2. The predicted octanol–water partition coefficient (Wildman–Crippen LogP) is 4.62. The average Bonchev–Trinajstić information content (AvgIpc) is 3.44. The van der Waals surface area contributed by atoms with Crippen LogP contribution in [0.5, 0.6) is 11.5 Å². The van der Waals surface area contributed by atoms with Crippen LogP contribution in [0.4, 0.5) is 5.69 Å². The van der Waals surface area contributed by atoms with Gasteiger partial charge in [0, 0.05) is 11.6 Å². The number of rotatable bonds is 8. The Kier molecular flexibility index (Phi) is 5.59. The highest BCUT2D eigenvalue weighted by Gasteiger charge is 2.43. The van der Waals surface area contributed by atoms with E-state index in [0.717, 1.165) is 43.1 Å². The molecular formula is C21H25NO3. The molecule has 2 aromatic rings. The van der Waals surface area contributed by atoms with Crippen LogP contribution in [0.3, 0.4) is 0 Å². The van der Waals surface area contributed by atoms with Crippen LogP contribution in [0.15, 0.2) is 48.5 Å². The normalized spacial score (nSPS) is 18.5. The van der Waals surface area contributed by atoms with E-state index in [1.54, 1.807) is 7.11 Å². The summed E-state index contributed by atoms with van der Waals surface area (Å²) < 4.78 is 10.8. The van der Waals surface area contributed by atoms with E-state index in [1.807, 2.05) is 48.5 Å². The molecule has 0 spiro atoms. The fourth-order valence-corrected chi connectivity index (χ4v) is 2.91. The molecule has 1 amide bonds. The molecule has 0 bridgehead atoms. The lowest BCUT2D eigenvalue weighted by Crippen LogP contribution is -2.14. The predicted molar refractivity (Wildman–Crippen MR) is 99.3 cm³/mol. The molecule has 1 N–H and O–H groups in total. The van der Waals surface area contributed by atoms with Crippen LogP contribution in [0.1, 0.15) is 37.7 Å². The Labute approximate surface area is 149 Å². The van der Waals surface area contributed by atoms with Gasteiger partial charge in [-0.1, -0.05) is 25.5 Å². The van der Waals surface area contributed by atoms with Crippen molar-refractivity contribution in [3.05, 3.63) is 54.1 Å². The zero-order chi connectivity index (χ0) is 17.6. The summed E-state index contributed by atoms with van der Waals surface area (Å²) in [5.41, 5.74) is 2.01. The van der Waals surface area contributed by atoms with Crippen LogP contribution in [0.25, 0.3) is 0 Å². The Morgan fingerprint density at radius 3 is 2.40 bits per heavy atom. The highest BCUT2D eigenvalue weighted by molar-refractivity contribution is 5.95. The van der Waals surface area contributed by atoms with E-state index in [2.05, 4.69) is 12.2 Å². The molecular weight excluding hydrogens is 314 g/mol. The van der Waals surface area contributed by atoms with E-state index >= 15 is 0 Å². The molecule has 4 nitrogen and oxygen atoms in total. The van der Waals surface area contributed by atoms with Gasteiger partial charge in [0.05, 0.1) is 13.7 Å². The molecule has 2 atom stereocenters. The number of amides is 1. The molecule has 0 heterocycles. The van der Waals surface area contributed by atoms with Crippen molar-refractivity contribution >= 4 is 11.6 Å². The van der Waals surface area contributed by atoms with Gasteiger partial charge in [0.15, 0.2) is 0 Å². The Balaban J connectivity index is 1.51. The van der Waals surface area contributed by atoms with Crippen molar-refractivity contribution in [1.29, 1.82) is 0 Å². The van der Waals surface area contributed by atoms with E-state index in [4.69, 9.17) is 9.47 Å². The highest BCUT2D eigenvalue weighted by atomic mass is 16.5. The Bertz CT molecular complexity index is 694. The van der Waals surface area contributed by atoms with E-state index in [9.17, 15) is 4.79 Å². The van der Waals surface area contributed by atoms with E-state index in [-0.39, 0.29) is 11.8 Å². The van der Waals surface area contributed by atoms with E-state index in [1.165, 1.54) is 5.56 Å². The summed E-state index contributed by atoms with van der Waals surface area (Å²) in [6, 6.07) is 15.6. The van der Waals surface area contributed by atoms with E-state index in [0.29, 0.717) is 5.92 Å². The number of ether oxygens (including phenoxy) is 2. The molecule has 3 rings (SSSR count). The lowest BCUT2D eigenvalue weighted by atomic mass is 10.1. The summed E-state index contributed by atoms with van der Waals surface area (Å²) in [6.07, 6.45) is 3.06. The molecule has 2 aromatic carbocycles. The second kappa shape index (κ2) is 8.06. The quantitative estimate of drug-likeness (QED) is 0.714. The van der Waals surface area contributed by atoms with Crippen LogP contribution in [0.2, 0.25) is 0 Å². The second-order valence-corrected chi connectivity index (χ2v) is 6.44. The average molecular weight is 339 g/mol. The molecule has 1 aliphatic rings. The summed E-state index contributed by atoms with van der Waals surface area (Å²) in [4.78, 5) is 12.4. The number of benzene rings is 2. The summed E-state index contributed by atoms with van der Waals surface area (Å²) in [6.45, 7) is 2.87. The minimum absolute atomic E-state index is 0.0499. The number of anilines is 1. The van der Waals surface area contributed by atoms with Gasteiger partial charge in [-0.25, -0.2) is 0 Å². The number of hydrogen-bond donors (Lipinski definition) is 1. The summed E-state index contributed by atoms with van der Waals surface area (Å²) in [7, 11) is 1.66. The molecule has 0 radical (unpaired) electrons. The molecule has 132 valence electrons. The first kappa shape index (κ1) is 17.3. The molecule has 0 aromatic heterocycles. The van der Waals surface area contributed by atoms with Gasteiger partial charge in [-0.3, -0.25) is 4.79 Å². The Hall–Kier alpha value is -2.49. The molecule has 2 unspecified atom stereocenters. The summed E-state index contributed by atoms with van der Waals surface area (Å²) in [5, 5.41) is 3.00. The molecule has 4 heteroatoms. The minimum atomic E-state index is 0.0499. The van der Waals surface area contributed by atoms with Gasteiger partial charge in [-0.2, -0.15) is 0 Å². The molecule has 1 fully saturated rings. The third-order valence-electron chi connectivity index (χ3n) is 4.56. The molecule has 0 aliphatic heterocycles. The molecule has 1 aliphatic carbocycles. The van der Waals surface area contributed by atoms with Gasteiger partial charge in [0.2, 0.25) is 5.91 Å². The van der Waals surface area contributed by atoms with Gasteiger partial charge in [-0.05, 0) is 60.7 Å². The maximum Gasteiger partial charge on any atom is 0.228 e. The number of hydrogen-bond acceptors (Lipinski definition) is 3.